The number of hydrogen-bond acceptors (Lipinski definition) is 2. The number of alkyl halides is 3. The lowest BCUT2D eigenvalue weighted by Gasteiger charge is -2.25. The van der Waals surface area contributed by atoms with E-state index in [-0.39, 0.29) is 6.04 Å². The Morgan fingerprint density at radius 3 is 2.72 bits per heavy atom. The first-order valence-corrected chi connectivity index (χ1v) is 6.90. The maximum Gasteiger partial charge on any atom is 0.205 e. The molecule has 1 atom stereocenters. The lowest BCUT2D eigenvalue weighted by Crippen LogP contribution is -2.41. The minimum Gasteiger partial charge on any atom is -0.464 e. The van der Waals surface area contributed by atoms with E-state index in [0.717, 1.165) is 23.1 Å². The van der Waals surface area contributed by atoms with Crippen molar-refractivity contribution in [2.45, 2.75) is 23.2 Å². The van der Waals surface area contributed by atoms with Gasteiger partial charge in [-0.05, 0) is 30.7 Å². The summed E-state index contributed by atoms with van der Waals surface area (Å²) in [5, 5.41) is 4.26. The fourth-order valence-electron chi connectivity index (χ4n) is 1.91. The lowest BCUT2D eigenvalue weighted by atomic mass is 10.1. The third-order valence-electron chi connectivity index (χ3n) is 2.81. The summed E-state index contributed by atoms with van der Waals surface area (Å²) in [6, 6.07) is 7.72. The van der Waals surface area contributed by atoms with Gasteiger partial charge in [-0.15, -0.1) is 0 Å². The molecule has 1 aromatic heterocycles. The standard InChI is InChI=1S/C13H14Cl3NO/c1-2-17-12(13(14,15)16)8-9-3-4-10-5-6-18-11(10)7-9/h3-7,12,17H,2,8H2,1H3. The number of halogens is 3. The van der Waals surface area contributed by atoms with Crippen LogP contribution >= 0.6 is 34.8 Å². The van der Waals surface area contributed by atoms with E-state index in [9.17, 15) is 0 Å². The molecular formula is C13H14Cl3NO. The van der Waals surface area contributed by atoms with Crippen molar-refractivity contribution in [3.63, 3.8) is 0 Å². The maximum absolute atomic E-state index is 5.97. The Morgan fingerprint density at radius 2 is 2.06 bits per heavy atom. The van der Waals surface area contributed by atoms with Crippen LogP contribution in [0.3, 0.4) is 0 Å². The van der Waals surface area contributed by atoms with E-state index in [4.69, 9.17) is 39.2 Å². The van der Waals surface area contributed by atoms with Crippen LogP contribution in [0.1, 0.15) is 12.5 Å². The van der Waals surface area contributed by atoms with Gasteiger partial charge in [-0.2, -0.15) is 0 Å². The lowest BCUT2D eigenvalue weighted by molar-refractivity contribution is 0.531. The summed E-state index contributed by atoms with van der Waals surface area (Å²) < 4.78 is 4.04. The van der Waals surface area contributed by atoms with Gasteiger partial charge in [0.15, 0.2) is 0 Å². The van der Waals surface area contributed by atoms with Crippen LogP contribution in [0.5, 0.6) is 0 Å². The molecule has 0 saturated heterocycles. The predicted octanol–water partition coefficient (Wildman–Crippen LogP) is 4.32. The van der Waals surface area contributed by atoms with Crippen molar-refractivity contribution in [1.29, 1.82) is 0 Å². The van der Waals surface area contributed by atoms with Gasteiger partial charge in [0.25, 0.3) is 0 Å². The van der Waals surface area contributed by atoms with Crippen molar-refractivity contribution in [1.82, 2.24) is 5.32 Å². The minimum atomic E-state index is -1.33. The van der Waals surface area contributed by atoms with E-state index in [1.54, 1.807) is 6.26 Å². The third-order valence-corrected chi connectivity index (χ3v) is 3.60. The Kier molecular flexibility index (Phi) is 4.44. The highest BCUT2D eigenvalue weighted by Gasteiger charge is 2.31. The molecule has 0 amide bonds. The highest BCUT2D eigenvalue weighted by atomic mass is 35.6. The van der Waals surface area contributed by atoms with Gasteiger partial charge in [0.2, 0.25) is 3.79 Å². The molecule has 0 aliphatic carbocycles. The molecule has 0 saturated carbocycles. The molecule has 0 bridgehead atoms. The van der Waals surface area contributed by atoms with E-state index >= 15 is 0 Å². The summed E-state index contributed by atoms with van der Waals surface area (Å²) in [4.78, 5) is 0. The Balaban J connectivity index is 2.19. The predicted molar refractivity (Wildman–Crippen MR) is 77.7 cm³/mol. The summed E-state index contributed by atoms with van der Waals surface area (Å²) in [6.45, 7) is 2.74. The quantitative estimate of drug-likeness (QED) is 0.851. The van der Waals surface area contributed by atoms with Crippen molar-refractivity contribution in [2.24, 2.45) is 0 Å². The fourth-order valence-corrected chi connectivity index (χ4v) is 2.37. The molecule has 0 aliphatic heterocycles. The number of benzene rings is 1. The molecular weight excluding hydrogens is 293 g/mol. The van der Waals surface area contributed by atoms with Crippen molar-refractivity contribution >= 4 is 45.8 Å². The van der Waals surface area contributed by atoms with Crippen LogP contribution in [0.15, 0.2) is 34.9 Å². The molecule has 2 nitrogen and oxygen atoms in total. The zero-order valence-electron chi connectivity index (χ0n) is 9.92. The van der Waals surface area contributed by atoms with Gasteiger partial charge in [0.05, 0.1) is 12.3 Å². The molecule has 1 aromatic carbocycles. The first-order valence-electron chi connectivity index (χ1n) is 5.77. The van der Waals surface area contributed by atoms with E-state index in [1.165, 1.54) is 0 Å². The molecule has 1 heterocycles. The first kappa shape index (κ1) is 14.0. The molecule has 2 rings (SSSR count). The Bertz CT molecular complexity index is 518. The van der Waals surface area contributed by atoms with E-state index < -0.39 is 3.79 Å². The molecule has 0 aliphatic rings. The number of likely N-dealkylation sites (N-methyl/N-ethyl adjacent to an activating group) is 1. The van der Waals surface area contributed by atoms with Crippen molar-refractivity contribution in [2.75, 3.05) is 6.54 Å². The molecule has 1 N–H and O–H groups in total. The highest BCUT2D eigenvalue weighted by Crippen LogP contribution is 2.32. The third kappa shape index (κ3) is 3.33. The molecule has 18 heavy (non-hydrogen) atoms. The van der Waals surface area contributed by atoms with E-state index in [0.29, 0.717) is 6.42 Å². The maximum atomic E-state index is 5.97. The van der Waals surface area contributed by atoms with Gasteiger partial charge in [-0.1, -0.05) is 53.9 Å². The molecule has 1 unspecified atom stereocenters. The van der Waals surface area contributed by atoms with Crippen molar-refractivity contribution < 1.29 is 4.42 Å². The minimum absolute atomic E-state index is 0.222. The molecule has 5 heteroatoms. The van der Waals surface area contributed by atoms with Crippen LogP contribution in [0.2, 0.25) is 0 Å². The topological polar surface area (TPSA) is 25.2 Å². The SMILES string of the molecule is CCNC(Cc1ccc2ccoc2c1)C(Cl)(Cl)Cl. The average Bonchev–Trinajstić information content (AvgIpc) is 2.74. The van der Waals surface area contributed by atoms with Crippen LogP contribution in [0.4, 0.5) is 0 Å². The van der Waals surface area contributed by atoms with Crippen LogP contribution in [-0.4, -0.2) is 16.4 Å². The van der Waals surface area contributed by atoms with Gasteiger partial charge in [0, 0.05) is 5.39 Å². The highest BCUT2D eigenvalue weighted by molar-refractivity contribution is 6.68. The van der Waals surface area contributed by atoms with Gasteiger partial charge < -0.3 is 9.73 Å². The van der Waals surface area contributed by atoms with Gasteiger partial charge in [-0.3, -0.25) is 0 Å². The second-order valence-electron chi connectivity index (χ2n) is 4.15. The second-order valence-corrected chi connectivity index (χ2v) is 6.52. The largest absolute Gasteiger partial charge is 0.464 e. The normalized spacial score (nSPS) is 14.0. The molecule has 98 valence electrons. The zero-order valence-corrected chi connectivity index (χ0v) is 12.2. The summed E-state index contributed by atoms with van der Waals surface area (Å²) in [6.07, 6.45) is 2.31. The fraction of sp³-hybridized carbons (Fsp3) is 0.385. The number of fused-ring (bicyclic) bond motifs is 1. The van der Waals surface area contributed by atoms with Crippen LogP contribution < -0.4 is 5.32 Å². The molecule has 2 aromatic rings. The summed E-state index contributed by atoms with van der Waals surface area (Å²) in [7, 11) is 0. The monoisotopic (exact) mass is 305 g/mol. The van der Waals surface area contributed by atoms with Gasteiger partial charge >= 0.3 is 0 Å². The number of rotatable bonds is 4. The smallest absolute Gasteiger partial charge is 0.205 e. The molecule has 0 radical (unpaired) electrons. The molecule has 0 fully saturated rings. The summed E-state index contributed by atoms with van der Waals surface area (Å²) >= 11 is 17.9. The van der Waals surface area contributed by atoms with Crippen LogP contribution in [0, 0.1) is 0 Å². The number of nitrogens with one attached hydrogen (secondary N) is 1. The number of furan rings is 1. The average molecular weight is 307 g/mol. The number of hydrogen-bond donors (Lipinski definition) is 1. The van der Waals surface area contributed by atoms with Crippen LogP contribution in [0.25, 0.3) is 11.0 Å². The van der Waals surface area contributed by atoms with Gasteiger partial charge in [-0.25, -0.2) is 0 Å². The van der Waals surface area contributed by atoms with E-state index in [2.05, 4.69) is 5.32 Å². The van der Waals surface area contributed by atoms with Crippen molar-refractivity contribution in [3.8, 4) is 0 Å². The Hall–Kier alpha value is -0.410. The summed E-state index contributed by atoms with van der Waals surface area (Å²) in [5.41, 5.74) is 1.93. The first-order chi connectivity index (χ1) is 8.50. The Labute approximate surface area is 121 Å². The van der Waals surface area contributed by atoms with Gasteiger partial charge in [0.1, 0.15) is 5.58 Å². The zero-order chi connectivity index (χ0) is 13.2. The van der Waals surface area contributed by atoms with Crippen molar-refractivity contribution in [3.05, 3.63) is 36.1 Å². The second kappa shape index (κ2) is 5.70. The Morgan fingerprint density at radius 1 is 1.28 bits per heavy atom. The van der Waals surface area contributed by atoms with E-state index in [1.807, 2.05) is 31.2 Å². The summed E-state index contributed by atoms with van der Waals surface area (Å²) in [5.74, 6) is 0. The molecule has 0 spiro atoms. The van der Waals surface area contributed by atoms with Crippen LogP contribution in [-0.2, 0) is 6.42 Å².